The number of hydrogen-bond donors (Lipinski definition) is 0. The minimum absolute atomic E-state index is 0.686. The maximum atomic E-state index is 4.82. The Morgan fingerprint density at radius 1 is 0.119 bits per heavy atom. The van der Waals surface area contributed by atoms with Crippen LogP contribution in [0.4, 0.5) is 0 Å². The third kappa shape index (κ3) is 23.6. The smallest absolute Gasteiger partial charge is 0.163 e. The number of pyridine rings is 2. The van der Waals surface area contributed by atoms with E-state index in [-0.39, 0.29) is 0 Å². The van der Waals surface area contributed by atoms with Crippen LogP contribution in [0.2, 0.25) is 0 Å². The third-order valence-corrected chi connectivity index (χ3v) is 20.2. The highest BCUT2D eigenvalue weighted by Crippen LogP contribution is 2.33. The molecular formula is C114H92N12. The van der Waals surface area contributed by atoms with Crippen LogP contribution in [0.1, 0.15) is 34.4 Å². The Bertz CT molecular complexity index is 5720. The molecule has 6 aromatic heterocycles. The van der Waals surface area contributed by atoms with Gasteiger partial charge in [-0.1, -0.05) is 400 Å². The van der Waals surface area contributed by atoms with Crippen LogP contribution >= 0.6 is 0 Å². The average molecular weight is 1630 g/mol. The Balaban J connectivity index is 0.000000118. The minimum atomic E-state index is 0.686. The number of nitrogens with zero attached hydrogens (tertiary/aromatic N) is 12. The summed E-state index contributed by atoms with van der Waals surface area (Å²) < 4.78 is 0. The van der Waals surface area contributed by atoms with Gasteiger partial charge >= 0.3 is 0 Å². The Labute approximate surface area is 737 Å². The summed E-state index contributed by atoms with van der Waals surface area (Å²) in [6.07, 6.45) is 0. The number of hydrogen-bond acceptors (Lipinski definition) is 12. The summed E-state index contributed by atoms with van der Waals surface area (Å²) in [5, 5.41) is 0. The maximum absolute atomic E-state index is 4.82. The van der Waals surface area contributed by atoms with Crippen molar-refractivity contribution in [3.8, 4) is 158 Å². The molecule has 6 heterocycles. The van der Waals surface area contributed by atoms with Gasteiger partial charge in [0, 0.05) is 72.6 Å². The number of rotatable bonds is 14. The Kier molecular flexibility index (Phi) is 28.6. The molecule has 0 aliphatic carbocycles. The van der Waals surface area contributed by atoms with Crippen molar-refractivity contribution < 1.29 is 0 Å². The molecule has 0 N–H and O–H groups in total. The quantitative estimate of drug-likeness (QED) is 0.102. The summed E-state index contributed by atoms with van der Waals surface area (Å²) in [5.41, 5.74) is 28.1. The van der Waals surface area contributed by atoms with Gasteiger partial charge in [-0.2, -0.15) is 0 Å². The molecule has 0 saturated heterocycles. The van der Waals surface area contributed by atoms with Gasteiger partial charge in [-0.25, -0.2) is 54.8 Å². The van der Waals surface area contributed by atoms with Gasteiger partial charge in [-0.15, -0.1) is 0 Å². The maximum Gasteiger partial charge on any atom is 0.163 e. The van der Waals surface area contributed by atoms with Crippen molar-refractivity contribution in [2.24, 2.45) is 0 Å². The number of aromatic nitrogens is 12. The molecule has 0 unspecified atom stereocenters. The zero-order chi connectivity index (χ0) is 86.4. The largest absolute Gasteiger partial charge is 0.253 e. The molecule has 0 radical (unpaired) electrons. The summed E-state index contributed by atoms with van der Waals surface area (Å²) in [7, 11) is 0. The monoisotopic (exact) mass is 1630 g/mol. The normalized spacial score (nSPS) is 10.5. The molecule has 20 rings (SSSR count). The molecule has 0 atom stereocenters. The summed E-state index contributed by atoms with van der Waals surface area (Å²) in [5.74, 6) is 5.80. The van der Waals surface area contributed by atoms with Crippen molar-refractivity contribution in [3.05, 3.63) is 483 Å². The lowest BCUT2D eigenvalue weighted by atomic mass is 10.0. The van der Waals surface area contributed by atoms with Crippen molar-refractivity contribution in [1.82, 2.24) is 59.8 Å². The highest BCUT2D eigenvalue weighted by molar-refractivity contribution is 5.76. The molecule has 0 saturated carbocycles. The van der Waals surface area contributed by atoms with E-state index in [1.54, 1.807) is 0 Å². The molecule has 608 valence electrons. The van der Waals surface area contributed by atoms with Crippen molar-refractivity contribution >= 4 is 0 Å². The second-order valence-corrected chi connectivity index (χ2v) is 29.8. The van der Waals surface area contributed by atoms with Crippen LogP contribution in [0.3, 0.4) is 0 Å². The van der Waals surface area contributed by atoms with Crippen LogP contribution < -0.4 is 0 Å². The van der Waals surface area contributed by atoms with Crippen LogP contribution in [0, 0.1) is 41.5 Å². The molecule has 0 bridgehead atoms. The first-order valence-corrected chi connectivity index (χ1v) is 41.9. The Morgan fingerprint density at radius 2 is 0.341 bits per heavy atom. The molecule has 0 fully saturated rings. The summed E-state index contributed by atoms with van der Waals surface area (Å²) in [6, 6.07) is 152. The van der Waals surface area contributed by atoms with Gasteiger partial charge in [0.05, 0.1) is 34.2 Å². The molecule has 126 heavy (non-hydrogen) atoms. The summed E-state index contributed by atoms with van der Waals surface area (Å²) >= 11 is 0. The van der Waals surface area contributed by atoms with E-state index in [1.165, 1.54) is 27.8 Å². The molecular weight excluding hydrogens is 1540 g/mol. The summed E-state index contributed by atoms with van der Waals surface area (Å²) in [6.45, 7) is 11.9. The van der Waals surface area contributed by atoms with E-state index in [0.717, 1.165) is 135 Å². The van der Waals surface area contributed by atoms with Crippen LogP contribution in [0.25, 0.3) is 158 Å². The minimum Gasteiger partial charge on any atom is -0.253 e. The molecule has 12 nitrogen and oxygen atoms in total. The molecule has 0 amide bonds. The molecule has 12 heteroatoms. The fraction of sp³-hybridized carbons (Fsp3) is 0.0526. The van der Waals surface area contributed by atoms with Crippen molar-refractivity contribution in [3.63, 3.8) is 0 Å². The number of benzene rings is 14. The SMILES string of the molecule is Cc1cc(-c2ccccc2)cc(-c2ccccc2)n1.Cc1cc(-c2ccccc2)nc(-c2ccccc2)c1.Cc1cc(-c2ccccc2)nc(-c2ccccc2)n1.Cc1nc(-c2cccc(-c3ccccc3)c2)nc(-c2cccc(-c3ccccc3)c2)n1.Cc1nc(-c2ccccc2)cc(-c2ccccc2)n1.Cc1nc(-c2ccccc2)nc(-c2ccccc2)n1. The second-order valence-electron chi connectivity index (χ2n) is 29.8. The molecule has 14 aromatic carbocycles. The van der Waals surface area contributed by atoms with E-state index in [1.807, 2.05) is 314 Å². The Hall–Kier alpha value is -16.4. The van der Waals surface area contributed by atoms with Gasteiger partial charge in [0.2, 0.25) is 0 Å². The fourth-order valence-corrected chi connectivity index (χ4v) is 14.1. The van der Waals surface area contributed by atoms with E-state index in [2.05, 4.69) is 227 Å². The van der Waals surface area contributed by atoms with Crippen LogP contribution in [-0.4, -0.2) is 59.8 Å². The molecule has 0 aliphatic heterocycles. The lowest BCUT2D eigenvalue weighted by molar-refractivity contribution is 0.991. The second kappa shape index (κ2) is 42.7. The number of aryl methyl sites for hydroxylation is 6. The highest BCUT2D eigenvalue weighted by Gasteiger charge is 2.15. The Morgan fingerprint density at radius 3 is 0.659 bits per heavy atom. The summed E-state index contributed by atoms with van der Waals surface area (Å²) in [4.78, 5) is 55.1. The van der Waals surface area contributed by atoms with Crippen molar-refractivity contribution in [2.75, 3.05) is 0 Å². The van der Waals surface area contributed by atoms with E-state index in [4.69, 9.17) is 9.97 Å². The predicted molar refractivity (Wildman–Crippen MR) is 517 cm³/mol. The van der Waals surface area contributed by atoms with Crippen molar-refractivity contribution in [2.45, 2.75) is 41.5 Å². The zero-order valence-corrected chi connectivity index (χ0v) is 71.1. The van der Waals surface area contributed by atoms with Gasteiger partial charge in [0.25, 0.3) is 0 Å². The lowest BCUT2D eigenvalue weighted by Crippen LogP contribution is -1.99. The van der Waals surface area contributed by atoms with Crippen LogP contribution in [-0.2, 0) is 0 Å². The standard InChI is InChI=1S/C28H21N3.2C18H15N.2C17H14N2.C16H13N3/c1-20-29-27(25-16-8-14-23(18-25)21-10-4-2-5-11-21)31-28(30-20)26-17-9-15-24(19-26)22-12-6-3-7-13-22;1-14-12-17(15-8-4-2-5-9-15)13-18(19-14)16-10-6-3-7-11-16;1-14-12-17(15-8-4-2-5-9-15)19-18(13-14)16-10-6-3-7-11-16;1-13-18-16(14-8-4-2-5-9-14)12-17(19-13)15-10-6-3-7-11-15;1-13-12-16(14-8-4-2-5-9-14)19-17(18-13)15-10-6-3-7-11-15;1-12-17-15(13-8-4-2-5-9-13)19-16(18-12)14-10-6-3-7-11-14/h2-19H,1H3;2*2-13H,1H3;2*2-12H,1H3;2-11H,1H3. The predicted octanol–water partition coefficient (Wildman–Crippen LogP) is 28.0. The van der Waals surface area contributed by atoms with E-state index >= 15 is 0 Å². The van der Waals surface area contributed by atoms with E-state index in [9.17, 15) is 0 Å². The first-order chi connectivity index (χ1) is 61.9. The fourth-order valence-electron chi connectivity index (χ4n) is 14.1. The highest BCUT2D eigenvalue weighted by atomic mass is 15.0. The molecule has 0 spiro atoms. The average Bonchev–Trinajstić information content (AvgIpc) is 0.745. The van der Waals surface area contributed by atoms with Gasteiger partial charge < -0.3 is 0 Å². The third-order valence-electron chi connectivity index (χ3n) is 20.2. The topological polar surface area (TPSA) is 155 Å². The first-order valence-electron chi connectivity index (χ1n) is 41.9. The molecule has 0 aliphatic rings. The van der Waals surface area contributed by atoms with Crippen LogP contribution in [0.5, 0.6) is 0 Å². The van der Waals surface area contributed by atoms with Gasteiger partial charge in [0.1, 0.15) is 17.5 Å². The van der Waals surface area contributed by atoms with Gasteiger partial charge in [0.15, 0.2) is 29.1 Å². The van der Waals surface area contributed by atoms with Gasteiger partial charge in [-0.3, -0.25) is 4.98 Å². The first kappa shape index (κ1) is 84.6. The molecule has 20 aromatic rings. The lowest BCUT2D eigenvalue weighted by Gasteiger charge is -2.09. The van der Waals surface area contributed by atoms with Crippen LogP contribution in [0.15, 0.2) is 449 Å². The van der Waals surface area contributed by atoms with E-state index < -0.39 is 0 Å². The van der Waals surface area contributed by atoms with E-state index in [0.29, 0.717) is 29.1 Å². The van der Waals surface area contributed by atoms with Gasteiger partial charge in [-0.05, 0) is 129 Å². The van der Waals surface area contributed by atoms with Crippen molar-refractivity contribution in [1.29, 1.82) is 0 Å². The zero-order valence-electron chi connectivity index (χ0n) is 71.1.